The Hall–Kier alpha value is -1.22. The Bertz CT molecular complexity index is 673. The third-order valence-electron chi connectivity index (χ3n) is 3.82. The molecule has 3 rings (SSSR count). The van der Waals surface area contributed by atoms with Gasteiger partial charge >= 0.3 is 6.18 Å². The number of nitrogens with one attached hydrogen (secondary N) is 1. The lowest BCUT2D eigenvalue weighted by Gasteiger charge is -2.22. The van der Waals surface area contributed by atoms with E-state index in [1.54, 1.807) is 0 Å². The molecule has 116 valence electrons. The fraction of sp³-hybridized carbons (Fsp3) is 0.667. The van der Waals surface area contributed by atoms with Crippen LogP contribution in [0.4, 0.5) is 13.2 Å². The van der Waals surface area contributed by atoms with Crippen molar-refractivity contribution in [3.05, 3.63) is 22.8 Å². The number of rotatable bonds is 1. The Balaban J connectivity index is 2.07. The van der Waals surface area contributed by atoms with Gasteiger partial charge in [0, 0.05) is 31.0 Å². The molecule has 0 saturated carbocycles. The van der Waals surface area contributed by atoms with Gasteiger partial charge in [-0.1, -0.05) is 0 Å². The fourth-order valence-electron chi connectivity index (χ4n) is 2.78. The normalized spacial score (nSPS) is 24.8. The summed E-state index contributed by atoms with van der Waals surface area (Å²) in [5.41, 5.74) is -0.465. The van der Waals surface area contributed by atoms with Gasteiger partial charge in [0.1, 0.15) is 5.82 Å². The number of aromatic nitrogens is 2. The molecule has 1 fully saturated rings. The van der Waals surface area contributed by atoms with Crippen molar-refractivity contribution >= 4 is 9.84 Å². The minimum absolute atomic E-state index is 0.0129. The number of hydrogen-bond acceptors (Lipinski definition) is 5. The van der Waals surface area contributed by atoms with E-state index in [9.17, 15) is 21.6 Å². The van der Waals surface area contributed by atoms with Crippen molar-refractivity contribution < 1.29 is 21.6 Å². The Morgan fingerprint density at radius 3 is 2.62 bits per heavy atom. The number of fused-ring (bicyclic) bond motifs is 1. The lowest BCUT2D eigenvalue weighted by atomic mass is 10.0. The molecule has 2 aliphatic rings. The van der Waals surface area contributed by atoms with Crippen LogP contribution in [-0.2, 0) is 29.0 Å². The van der Waals surface area contributed by atoms with Gasteiger partial charge in [-0.2, -0.15) is 13.2 Å². The summed E-state index contributed by atoms with van der Waals surface area (Å²) in [6, 6.07) is 0. The topological polar surface area (TPSA) is 72.0 Å². The van der Waals surface area contributed by atoms with Crippen LogP contribution in [0.3, 0.4) is 0 Å². The summed E-state index contributed by atoms with van der Waals surface area (Å²) < 4.78 is 62.5. The highest BCUT2D eigenvalue weighted by molar-refractivity contribution is 7.91. The second-order valence-corrected chi connectivity index (χ2v) is 7.61. The largest absolute Gasteiger partial charge is 0.433 e. The molecule has 5 nitrogen and oxygen atoms in total. The molecule has 0 aromatic carbocycles. The van der Waals surface area contributed by atoms with Crippen molar-refractivity contribution in [1.82, 2.24) is 15.3 Å². The summed E-state index contributed by atoms with van der Waals surface area (Å²) in [4.78, 5) is 7.88. The van der Waals surface area contributed by atoms with E-state index >= 15 is 0 Å². The molecule has 0 bridgehead atoms. The molecule has 1 N–H and O–H groups in total. The summed E-state index contributed by atoms with van der Waals surface area (Å²) in [7, 11) is -3.19. The quantitative estimate of drug-likeness (QED) is 0.837. The summed E-state index contributed by atoms with van der Waals surface area (Å²) in [6.45, 7) is 0.650. The highest BCUT2D eigenvalue weighted by Gasteiger charge is 2.40. The van der Waals surface area contributed by atoms with Gasteiger partial charge in [0.15, 0.2) is 15.5 Å². The maximum Gasteiger partial charge on any atom is 0.433 e. The van der Waals surface area contributed by atoms with E-state index < -0.39 is 27.6 Å². The van der Waals surface area contributed by atoms with Gasteiger partial charge in [0.2, 0.25) is 0 Å². The van der Waals surface area contributed by atoms with Crippen LogP contribution in [0.1, 0.15) is 35.1 Å². The number of nitrogens with zero attached hydrogens (tertiary/aromatic N) is 2. The van der Waals surface area contributed by atoms with Crippen LogP contribution in [0, 0.1) is 0 Å². The predicted molar refractivity (Wildman–Crippen MR) is 68.5 cm³/mol. The smallest absolute Gasteiger partial charge is 0.312 e. The first-order valence-corrected chi connectivity index (χ1v) is 8.46. The van der Waals surface area contributed by atoms with E-state index in [-0.39, 0.29) is 35.9 Å². The molecule has 0 spiro atoms. The first-order chi connectivity index (χ1) is 9.76. The van der Waals surface area contributed by atoms with Gasteiger partial charge in [0.05, 0.1) is 17.2 Å². The van der Waals surface area contributed by atoms with Gasteiger partial charge in [-0.15, -0.1) is 0 Å². The average molecular weight is 321 g/mol. The van der Waals surface area contributed by atoms with Crippen LogP contribution < -0.4 is 5.32 Å². The molecule has 1 saturated heterocycles. The third-order valence-corrected chi connectivity index (χ3v) is 5.58. The van der Waals surface area contributed by atoms with Gasteiger partial charge in [-0.25, -0.2) is 18.4 Å². The van der Waals surface area contributed by atoms with Gasteiger partial charge < -0.3 is 5.32 Å². The monoisotopic (exact) mass is 321 g/mol. The van der Waals surface area contributed by atoms with Crippen molar-refractivity contribution in [1.29, 1.82) is 0 Å². The molecule has 21 heavy (non-hydrogen) atoms. The van der Waals surface area contributed by atoms with Crippen molar-refractivity contribution in [2.75, 3.05) is 18.1 Å². The van der Waals surface area contributed by atoms with Crippen molar-refractivity contribution in [3.8, 4) is 0 Å². The molecular formula is C12H14F3N3O2S. The van der Waals surface area contributed by atoms with Crippen LogP contribution in [0.2, 0.25) is 0 Å². The van der Waals surface area contributed by atoms with Crippen molar-refractivity contribution in [2.45, 2.75) is 31.5 Å². The molecule has 1 atom stereocenters. The van der Waals surface area contributed by atoms with Crippen LogP contribution in [-0.4, -0.2) is 36.4 Å². The summed E-state index contributed by atoms with van der Waals surface area (Å²) in [5, 5.41) is 2.88. The number of alkyl halides is 3. The van der Waals surface area contributed by atoms with E-state index in [1.807, 2.05) is 0 Å². The van der Waals surface area contributed by atoms with E-state index in [4.69, 9.17) is 0 Å². The van der Waals surface area contributed by atoms with Crippen LogP contribution >= 0.6 is 0 Å². The fourth-order valence-corrected chi connectivity index (χ4v) is 4.52. The first-order valence-electron chi connectivity index (χ1n) is 6.64. The van der Waals surface area contributed by atoms with Crippen LogP contribution in [0.15, 0.2) is 0 Å². The van der Waals surface area contributed by atoms with E-state index in [0.717, 1.165) is 0 Å². The van der Waals surface area contributed by atoms with E-state index in [2.05, 4.69) is 15.3 Å². The molecule has 0 radical (unpaired) electrons. The molecule has 0 aliphatic carbocycles. The van der Waals surface area contributed by atoms with Crippen LogP contribution in [0.5, 0.6) is 0 Å². The lowest BCUT2D eigenvalue weighted by molar-refractivity contribution is -0.142. The van der Waals surface area contributed by atoms with Crippen molar-refractivity contribution in [2.24, 2.45) is 0 Å². The van der Waals surface area contributed by atoms with Crippen LogP contribution in [0.25, 0.3) is 0 Å². The van der Waals surface area contributed by atoms with E-state index in [0.29, 0.717) is 18.7 Å². The second-order valence-electron chi connectivity index (χ2n) is 5.38. The molecular weight excluding hydrogens is 307 g/mol. The Morgan fingerprint density at radius 1 is 1.24 bits per heavy atom. The second kappa shape index (κ2) is 4.91. The minimum atomic E-state index is -4.56. The molecule has 3 heterocycles. The number of halogens is 3. The zero-order chi connectivity index (χ0) is 15.3. The predicted octanol–water partition coefficient (Wildman–Crippen LogP) is 1.04. The highest BCUT2D eigenvalue weighted by atomic mass is 32.2. The van der Waals surface area contributed by atoms with E-state index in [1.165, 1.54) is 0 Å². The molecule has 0 amide bonds. The third kappa shape index (κ3) is 2.89. The minimum Gasteiger partial charge on any atom is -0.312 e. The standard InChI is InChI=1S/C12H14F3N3O2S/c13-12(14,15)10-8-5-16-3-1-9(8)17-11(18-10)7-2-4-21(19,20)6-7/h7,16H,1-6H2. The Labute approximate surface area is 119 Å². The molecule has 1 aromatic heterocycles. The molecule has 2 aliphatic heterocycles. The molecule has 1 aromatic rings. The molecule has 9 heteroatoms. The average Bonchev–Trinajstić information content (AvgIpc) is 2.77. The zero-order valence-corrected chi connectivity index (χ0v) is 11.9. The Morgan fingerprint density at radius 2 is 2.00 bits per heavy atom. The highest BCUT2D eigenvalue weighted by Crippen LogP contribution is 2.35. The van der Waals surface area contributed by atoms with Gasteiger partial charge in [-0.3, -0.25) is 0 Å². The molecule has 1 unspecified atom stereocenters. The maximum atomic E-state index is 13.2. The lowest BCUT2D eigenvalue weighted by Crippen LogP contribution is -2.30. The number of sulfone groups is 1. The summed E-state index contributed by atoms with van der Waals surface area (Å²) in [6.07, 6.45) is -3.87. The summed E-state index contributed by atoms with van der Waals surface area (Å²) >= 11 is 0. The number of hydrogen-bond donors (Lipinski definition) is 1. The zero-order valence-electron chi connectivity index (χ0n) is 11.1. The van der Waals surface area contributed by atoms with Gasteiger partial charge in [0.25, 0.3) is 0 Å². The maximum absolute atomic E-state index is 13.2. The van der Waals surface area contributed by atoms with Crippen molar-refractivity contribution in [3.63, 3.8) is 0 Å². The summed E-state index contributed by atoms with van der Waals surface area (Å²) in [5.74, 6) is -0.692. The SMILES string of the molecule is O=S1(=O)CCC(c2nc3c(c(C(F)(F)F)n2)CNCC3)C1. The van der Waals surface area contributed by atoms with Gasteiger partial charge in [-0.05, 0) is 6.42 Å². The Kier molecular flexibility index (Phi) is 3.44. The first kappa shape index (κ1) is 14.7.